The molecule has 0 radical (unpaired) electrons. The zero-order valence-electron chi connectivity index (χ0n) is 22.0. The summed E-state index contributed by atoms with van der Waals surface area (Å²) in [5, 5.41) is 32.2. The minimum absolute atomic E-state index is 0.0515. The summed E-state index contributed by atoms with van der Waals surface area (Å²) < 4.78 is 1.50. The van der Waals surface area contributed by atoms with E-state index in [2.05, 4.69) is 34.8 Å². The van der Waals surface area contributed by atoms with Crippen molar-refractivity contribution in [2.75, 3.05) is 13.1 Å². The lowest BCUT2D eigenvalue weighted by Gasteiger charge is -2.44. The molecule has 0 saturated carbocycles. The largest absolute Gasteiger partial charge is 0.370 e. The maximum atomic E-state index is 13.6. The van der Waals surface area contributed by atoms with E-state index in [1.807, 2.05) is 12.1 Å². The third-order valence-electron chi connectivity index (χ3n) is 9.09. The van der Waals surface area contributed by atoms with Crippen LogP contribution in [-0.4, -0.2) is 92.0 Å². The highest BCUT2D eigenvalue weighted by atomic mass is 16.5. The molecule has 5 aliphatic rings. The molecule has 3 amide bonds. The molecule has 4 atom stereocenters. The molecule has 13 heteroatoms. The maximum Gasteiger partial charge on any atom is 0.346 e. The van der Waals surface area contributed by atoms with Gasteiger partial charge in [0.2, 0.25) is 23.3 Å². The van der Waals surface area contributed by atoms with E-state index in [4.69, 9.17) is 11.5 Å². The Hall–Kier alpha value is -3.71. The van der Waals surface area contributed by atoms with Crippen molar-refractivity contribution in [3.8, 4) is 0 Å². The summed E-state index contributed by atoms with van der Waals surface area (Å²) in [5.41, 5.74) is 13.2. The minimum atomic E-state index is -2.59. The van der Waals surface area contributed by atoms with Crippen LogP contribution in [0.25, 0.3) is 0 Å². The number of carbonyl (C=O) groups excluding carboxylic acids is 3. The molecular formula is C26H35N8O5+. The molecule has 6 rings (SSSR count). The van der Waals surface area contributed by atoms with Crippen LogP contribution < -0.4 is 27.4 Å². The smallest absolute Gasteiger partial charge is 0.346 e. The molecule has 1 aromatic carbocycles. The second-order valence-electron chi connectivity index (χ2n) is 11.8. The summed E-state index contributed by atoms with van der Waals surface area (Å²) in [4.78, 5) is 43.8. The van der Waals surface area contributed by atoms with Crippen molar-refractivity contribution in [2.24, 2.45) is 16.5 Å². The number of hydrogen-bond donors (Lipinski definition) is 7. The molecule has 208 valence electrons. The minimum Gasteiger partial charge on any atom is -0.370 e. The maximum absolute atomic E-state index is 13.6. The Labute approximate surface area is 225 Å². The predicted molar refractivity (Wildman–Crippen MR) is 139 cm³/mol. The third kappa shape index (κ3) is 3.55. The molecule has 4 heterocycles. The zero-order chi connectivity index (χ0) is 27.9. The van der Waals surface area contributed by atoms with Crippen LogP contribution in [0.5, 0.6) is 0 Å². The molecule has 9 N–H and O–H groups in total. The Kier molecular flexibility index (Phi) is 5.50. The van der Waals surface area contributed by atoms with Crippen molar-refractivity contribution in [3.05, 3.63) is 34.9 Å². The summed E-state index contributed by atoms with van der Waals surface area (Å²) in [5.74, 6) is -3.61. The van der Waals surface area contributed by atoms with E-state index in [0.717, 1.165) is 35.3 Å². The average molecular weight is 540 g/mol. The number of rotatable bonds is 4. The third-order valence-corrected chi connectivity index (χ3v) is 9.09. The molecule has 2 saturated heterocycles. The normalized spacial score (nSPS) is 32.2. The second-order valence-corrected chi connectivity index (χ2v) is 11.8. The van der Waals surface area contributed by atoms with Crippen LogP contribution in [0.15, 0.2) is 23.2 Å². The van der Waals surface area contributed by atoms with Crippen LogP contribution in [0, 0.1) is 0 Å². The number of nitrogens with one attached hydrogen (secondary N) is 3. The molecule has 2 fully saturated rings. The first-order chi connectivity index (χ1) is 18.4. The van der Waals surface area contributed by atoms with Gasteiger partial charge >= 0.3 is 5.96 Å². The van der Waals surface area contributed by atoms with Crippen molar-refractivity contribution >= 4 is 29.6 Å². The van der Waals surface area contributed by atoms with Gasteiger partial charge in [0.15, 0.2) is 5.96 Å². The predicted octanol–water partition coefficient (Wildman–Crippen LogP) is -2.48. The summed E-state index contributed by atoms with van der Waals surface area (Å²) >= 11 is 0. The van der Waals surface area contributed by atoms with E-state index in [1.54, 1.807) is 6.07 Å². The van der Waals surface area contributed by atoms with Gasteiger partial charge in [-0.2, -0.15) is 0 Å². The molecule has 3 unspecified atom stereocenters. The Balaban J connectivity index is 1.32. The Bertz CT molecular complexity index is 1340. The molecular weight excluding hydrogens is 504 g/mol. The van der Waals surface area contributed by atoms with Gasteiger partial charge in [-0.25, -0.2) is 9.57 Å². The molecule has 39 heavy (non-hydrogen) atoms. The average Bonchev–Trinajstić information content (AvgIpc) is 3.46. The standard InChI is InChI=1S/C26H34N8O5/c1-24(2)10-4-6-13-14(5-3-7-15(13)24)21(37)30-17-12-34-23(28)29-16(11-33-18(35)8-9-19(33)36)20-25(34,26(17,38)39)32-22(27)31-20/h3,5,7,16-17,20,38-39H,4,6,8-12H2,1-2H3,(H6,27,28,29,30,31,32,37)/p+1/t16-,17?,20?,25?/m0/s1. The quantitative estimate of drug-likeness (QED) is 0.123. The number of guanidine groups is 2. The molecule has 1 aromatic rings. The topological polar surface area (TPSA) is 198 Å². The number of carbonyl (C=O) groups is 3. The lowest BCUT2D eigenvalue weighted by Crippen LogP contribution is -2.79. The van der Waals surface area contributed by atoms with Crippen molar-refractivity contribution in [1.29, 1.82) is 0 Å². The van der Waals surface area contributed by atoms with Gasteiger partial charge in [-0.05, 0) is 41.9 Å². The lowest BCUT2D eigenvalue weighted by atomic mass is 9.71. The molecule has 0 bridgehead atoms. The van der Waals surface area contributed by atoms with Crippen molar-refractivity contribution in [1.82, 2.24) is 20.9 Å². The number of fused-ring (bicyclic) bond motifs is 1. The highest BCUT2D eigenvalue weighted by Gasteiger charge is 2.75. The van der Waals surface area contributed by atoms with Gasteiger partial charge in [-0.1, -0.05) is 26.0 Å². The number of imide groups is 1. The first kappa shape index (κ1) is 25.6. The number of aliphatic hydroxyl groups is 2. The van der Waals surface area contributed by atoms with Crippen molar-refractivity contribution in [3.63, 3.8) is 0 Å². The fourth-order valence-electron chi connectivity index (χ4n) is 7.11. The Morgan fingerprint density at radius 2 is 1.92 bits per heavy atom. The van der Waals surface area contributed by atoms with Gasteiger partial charge in [0.05, 0.1) is 13.1 Å². The van der Waals surface area contributed by atoms with E-state index >= 15 is 0 Å². The molecule has 13 nitrogen and oxygen atoms in total. The summed E-state index contributed by atoms with van der Waals surface area (Å²) in [7, 11) is 0. The van der Waals surface area contributed by atoms with E-state index in [9.17, 15) is 24.6 Å². The summed E-state index contributed by atoms with van der Waals surface area (Å²) in [6.07, 6.45) is 2.98. The van der Waals surface area contributed by atoms with Gasteiger partial charge in [0.25, 0.3) is 5.91 Å². The lowest BCUT2D eigenvalue weighted by molar-refractivity contribution is -0.623. The van der Waals surface area contributed by atoms with E-state index in [-0.39, 0.29) is 55.1 Å². The number of nitrogens with zero attached hydrogens (tertiary/aromatic N) is 3. The number of amides is 3. The number of nitrogens with two attached hydrogens (primary N) is 2. The fraction of sp³-hybridized carbons (Fsp3) is 0.577. The number of hydrogen-bond acceptors (Lipinski definition) is 10. The van der Waals surface area contributed by atoms with E-state index in [1.165, 1.54) is 4.58 Å². The summed E-state index contributed by atoms with van der Waals surface area (Å²) in [6.45, 7) is 4.19. The number of aliphatic imine (C=N–C) groups is 1. The SMILES string of the molecule is CC1(C)CCCc2c(C(=O)NC3C[N+]4=C(N)N[C@@H](CN5C(=O)CCC5=O)C5N=C(N)NC54C3(O)O)cccc21. The van der Waals surface area contributed by atoms with Gasteiger partial charge in [-0.15, -0.1) is 0 Å². The van der Waals surface area contributed by atoms with Crippen LogP contribution >= 0.6 is 0 Å². The second kappa shape index (κ2) is 8.39. The Morgan fingerprint density at radius 3 is 2.64 bits per heavy atom. The van der Waals surface area contributed by atoms with E-state index in [0.29, 0.717) is 5.56 Å². The molecule has 1 spiro atoms. The van der Waals surface area contributed by atoms with Crippen molar-refractivity contribution < 1.29 is 29.2 Å². The van der Waals surface area contributed by atoms with Gasteiger partial charge in [0, 0.05) is 18.4 Å². The van der Waals surface area contributed by atoms with Crippen LogP contribution in [-0.2, 0) is 21.4 Å². The van der Waals surface area contributed by atoms with Crippen LogP contribution in [0.2, 0.25) is 0 Å². The molecule has 0 aromatic heterocycles. The van der Waals surface area contributed by atoms with Gasteiger partial charge in [-0.3, -0.25) is 30.3 Å². The van der Waals surface area contributed by atoms with Crippen LogP contribution in [0.1, 0.15) is 61.0 Å². The first-order valence-electron chi connectivity index (χ1n) is 13.4. The molecule has 4 aliphatic heterocycles. The highest BCUT2D eigenvalue weighted by molar-refractivity contribution is 6.02. The molecule has 1 aliphatic carbocycles. The number of benzene rings is 1. The van der Waals surface area contributed by atoms with Gasteiger partial charge < -0.3 is 26.6 Å². The van der Waals surface area contributed by atoms with Crippen LogP contribution in [0.4, 0.5) is 0 Å². The zero-order valence-corrected chi connectivity index (χ0v) is 22.0. The van der Waals surface area contributed by atoms with Gasteiger partial charge in [0.1, 0.15) is 18.1 Å². The number of likely N-dealkylation sites (tertiary alicyclic amines) is 1. The van der Waals surface area contributed by atoms with Crippen molar-refractivity contribution in [2.45, 2.75) is 80.9 Å². The first-order valence-corrected chi connectivity index (χ1v) is 13.4. The Morgan fingerprint density at radius 1 is 1.21 bits per heavy atom. The van der Waals surface area contributed by atoms with Crippen LogP contribution in [0.3, 0.4) is 0 Å². The van der Waals surface area contributed by atoms with E-state index < -0.39 is 35.5 Å². The monoisotopic (exact) mass is 539 g/mol. The fourth-order valence-corrected chi connectivity index (χ4v) is 7.11. The highest BCUT2D eigenvalue weighted by Crippen LogP contribution is 2.42. The summed E-state index contributed by atoms with van der Waals surface area (Å²) in [6, 6.07) is 2.78.